The molecule has 1 heterocycles. The lowest BCUT2D eigenvalue weighted by molar-refractivity contribution is -0.139. The number of esters is 1. The van der Waals surface area contributed by atoms with E-state index < -0.39 is 5.97 Å². The van der Waals surface area contributed by atoms with Crippen molar-refractivity contribution in [3.05, 3.63) is 17.8 Å². The third-order valence-corrected chi connectivity index (χ3v) is 3.86. The number of hydrogen-bond donors (Lipinski definition) is 0. The summed E-state index contributed by atoms with van der Waals surface area (Å²) in [5.41, 5.74) is 0.111. The summed E-state index contributed by atoms with van der Waals surface area (Å²) in [7, 11) is 2.78. The normalized spacial score (nSPS) is 15.5. The zero-order chi connectivity index (χ0) is 15.9. The summed E-state index contributed by atoms with van der Waals surface area (Å²) in [6.07, 6.45) is 6.62. The van der Waals surface area contributed by atoms with Crippen molar-refractivity contribution in [2.75, 3.05) is 20.8 Å². The third-order valence-electron chi connectivity index (χ3n) is 3.86. The Labute approximate surface area is 129 Å². The number of ether oxygens (including phenoxy) is 2. The van der Waals surface area contributed by atoms with Crippen LogP contribution in [0.2, 0.25) is 0 Å². The number of oxazole rings is 1. The number of hydrogen-bond acceptors (Lipinski definition) is 6. The Morgan fingerprint density at radius 1 is 1.32 bits per heavy atom. The summed E-state index contributed by atoms with van der Waals surface area (Å²) in [5.74, 6) is -0.315. The molecule has 22 heavy (non-hydrogen) atoms. The van der Waals surface area contributed by atoms with Crippen LogP contribution in [0.3, 0.4) is 0 Å². The van der Waals surface area contributed by atoms with Crippen LogP contribution in [0, 0.1) is 0 Å². The average Bonchev–Trinajstić information content (AvgIpc) is 3.01. The second-order valence-electron chi connectivity index (χ2n) is 5.36. The number of nitrogens with zero attached hydrogens (tertiary/aromatic N) is 2. The molecule has 7 heteroatoms. The number of rotatable bonds is 6. The first-order valence-corrected chi connectivity index (χ1v) is 7.46. The van der Waals surface area contributed by atoms with Gasteiger partial charge >= 0.3 is 5.97 Å². The highest BCUT2D eigenvalue weighted by Crippen LogP contribution is 2.24. The zero-order valence-corrected chi connectivity index (χ0v) is 13.0. The van der Waals surface area contributed by atoms with Crippen molar-refractivity contribution < 1.29 is 23.5 Å². The van der Waals surface area contributed by atoms with Crippen molar-refractivity contribution in [2.45, 2.75) is 44.7 Å². The van der Waals surface area contributed by atoms with Crippen LogP contribution in [0.5, 0.6) is 0 Å². The second kappa shape index (κ2) is 7.93. The van der Waals surface area contributed by atoms with Crippen molar-refractivity contribution in [3.8, 4) is 0 Å². The Morgan fingerprint density at radius 2 is 2.05 bits per heavy atom. The molecule has 0 saturated heterocycles. The summed E-state index contributed by atoms with van der Waals surface area (Å²) in [4.78, 5) is 29.5. The molecular formula is C15H22N2O5. The van der Waals surface area contributed by atoms with Crippen molar-refractivity contribution in [1.29, 1.82) is 0 Å². The van der Waals surface area contributed by atoms with Gasteiger partial charge in [-0.15, -0.1) is 0 Å². The second-order valence-corrected chi connectivity index (χ2v) is 5.36. The molecule has 1 aromatic rings. The monoisotopic (exact) mass is 310 g/mol. The van der Waals surface area contributed by atoms with Gasteiger partial charge in [0.25, 0.3) is 0 Å². The summed E-state index contributed by atoms with van der Waals surface area (Å²) in [5, 5.41) is 0. The van der Waals surface area contributed by atoms with Gasteiger partial charge in [-0.2, -0.15) is 0 Å². The summed E-state index contributed by atoms with van der Waals surface area (Å²) < 4.78 is 14.8. The predicted octanol–water partition coefficient (Wildman–Crippen LogP) is 1.77. The van der Waals surface area contributed by atoms with Gasteiger partial charge in [0.2, 0.25) is 11.8 Å². The number of methoxy groups -OCH3 is 2. The van der Waals surface area contributed by atoms with Crippen LogP contribution >= 0.6 is 0 Å². The van der Waals surface area contributed by atoms with E-state index in [2.05, 4.69) is 9.72 Å². The highest BCUT2D eigenvalue weighted by atomic mass is 16.5. The van der Waals surface area contributed by atoms with E-state index in [-0.39, 0.29) is 30.8 Å². The minimum atomic E-state index is -0.553. The van der Waals surface area contributed by atoms with Crippen LogP contribution in [0.15, 0.2) is 10.7 Å². The van der Waals surface area contributed by atoms with E-state index in [0.29, 0.717) is 5.89 Å². The first-order chi connectivity index (χ1) is 10.7. The fourth-order valence-corrected chi connectivity index (χ4v) is 2.75. The molecule has 0 bridgehead atoms. The van der Waals surface area contributed by atoms with Gasteiger partial charge in [-0.3, -0.25) is 4.79 Å². The van der Waals surface area contributed by atoms with E-state index in [9.17, 15) is 9.59 Å². The van der Waals surface area contributed by atoms with Gasteiger partial charge in [0, 0.05) is 13.2 Å². The van der Waals surface area contributed by atoms with Gasteiger partial charge in [-0.25, -0.2) is 9.78 Å². The van der Waals surface area contributed by atoms with E-state index in [1.165, 1.54) is 26.9 Å². The standard InChI is InChI=1S/C15H22N2O5/c1-20-10-14(18)17(11-6-4-3-5-7-11)8-13-16-12(9-22-13)15(19)21-2/h9,11H,3-8,10H2,1-2H3. The minimum Gasteiger partial charge on any atom is -0.464 e. The van der Waals surface area contributed by atoms with Gasteiger partial charge in [0.15, 0.2) is 5.69 Å². The van der Waals surface area contributed by atoms with Gasteiger partial charge in [0.05, 0.1) is 13.7 Å². The van der Waals surface area contributed by atoms with Crippen molar-refractivity contribution in [3.63, 3.8) is 0 Å². The highest BCUT2D eigenvalue weighted by Gasteiger charge is 2.27. The largest absolute Gasteiger partial charge is 0.464 e. The maximum atomic E-state index is 12.3. The van der Waals surface area contributed by atoms with E-state index in [4.69, 9.17) is 9.15 Å². The van der Waals surface area contributed by atoms with Crippen LogP contribution in [0.25, 0.3) is 0 Å². The van der Waals surface area contributed by atoms with Crippen LogP contribution < -0.4 is 0 Å². The smallest absolute Gasteiger partial charge is 0.360 e. The van der Waals surface area contributed by atoms with Crippen LogP contribution in [-0.2, 0) is 20.8 Å². The molecular weight excluding hydrogens is 288 g/mol. The zero-order valence-electron chi connectivity index (χ0n) is 13.0. The third kappa shape index (κ3) is 4.07. The molecule has 0 atom stereocenters. The van der Waals surface area contributed by atoms with Crippen LogP contribution in [0.4, 0.5) is 0 Å². The molecule has 0 unspecified atom stereocenters. The molecule has 2 rings (SSSR count). The molecule has 122 valence electrons. The quantitative estimate of drug-likeness (QED) is 0.745. The van der Waals surface area contributed by atoms with Crippen LogP contribution in [0.1, 0.15) is 48.5 Å². The van der Waals surface area contributed by atoms with Gasteiger partial charge in [-0.1, -0.05) is 19.3 Å². The topological polar surface area (TPSA) is 81.9 Å². The molecule has 7 nitrogen and oxygen atoms in total. The van der Waals surface area contributed by atoms with E-state index in [0.717, 1.165) is 25.7 Å². The Morgan fingerprint density at radius 3 is 2.68 bits per heavy atom. The minimum absolute atomic E-state index is 0.0288. The summed E-state index contributed by atoms with van der Waals surface area (Å²) >= 11 is 0. The van der Waals surface area contributed by atoms with E-state index in [1.807, 2.05) is 0 Å². The predicted molar refractivity (Wildman–Crippen MR) is 77.1 cm³/mol. The maximum Gasteiger partial charge on any atom is 0.360 e. The van der Waals surface area contributed by atoms with Crippen molar-refractivity contribution >= 4 is 11.9 Å². The van der Waals surface area contributed by atoms with Gasteiger partial charge < -0.3 is 18.8 Å². The number of carbonyl (C=O) groups excluding carboxylic acids is 2. The Bertz CT molecular complexity index is 508. The molecule has 0 aliphatic heterocycles. The molecule has 0 N–H and O–H groups in total. The highest BCUT2D eigenvalue weighted by molar-refractivity contribution is 5.86. The average molecular weight is 310 g/mol. The first-order valence-electron chi connectivity index (χ1n) is 7.46. The molecule has 1 fully saturated rings. The lowest BCUT2D eigenvalue weighted by Gasteiger charge is -2.33. The van der Waals surface area contributed by atoms with Crippen molar-refractivity contribution in [2.24, 2.45) is 0 Å². The van der Waals surface area contributed by atoms with Crippen molar-refractivity contribution in [1.82, 2.24) is 9.88 Å². The fraction of sp³-hybridized carbons (Fsp3) is 0.667. The molecule has 0 aromatic carbocycles. The molecule has 0 spiro atoms. The first kappa shape index (κ1) is 16.5. The molecule has 1 amide bonds. The molecule has 1 aliphatic rings. The molecule has 0 radical (unpaired) electrons. The fourth-order valence-electron chi connectivity index (χ4n) is 2.75. The lowest BCUT2D eigenvalue weighted by atomic mass is 9.94. The van der Waals surface area contributed by atoms with Gasteiger partial charge in [0.1, 0.15) is 12.9 Å². The number of carbonyl (C=O) groups is 2. The summed E-state index contributed by atoms with van der Waals surface area (Å²) in [6, 6.07) is 0.171. The number of aromatic nitrogens is 1. The van der Waals surface area contributed by atoms with Crippen LogP contribution in [-0.4, -0.2) is 48.6 Å². The SMILES string of the molecule is COCC(=O)N(Cc1nc(C(=O)OC)co1)C1CCCCC1. The maximum absolute atomic E-state index is 12.3. The Kier molecular flexibility index (Phi) is 5.94. The lowest BCUT2D eigenvalue weighted by Crippen LogP contribution is -2.42. The number of amides is 1. The molecule has 1 saturated carbocycles. The molecule has 1 aromatic heterocycles. The van der Waals surface area contributed by atoms with E-state index >= 15 is 0 Å². The Balaban J connectivity index is 2.09. The Hall–Kier alpha value is -1.89. The van der Waals surface area contributed by atoms with Gasteiger partial charge in [-0.05, 0) is 12.8 Å². The van der Waals surface area contributed by atoms with E-state index in [1.54, 1.807) is 4.90 Å². The molecule has 1 aliphatic carbocycles. The summed E-state index contributed by atoms with van der Waals surface area (Å²) in [6.45, 7) is 0.269.